The van der Waals surface area contributed by atoms with Gasteiger partial charge in [0.2, 0.25) is 0 Å². The highest BCUT2D eigenvalue weighted by Crippen LogP contribution is 2.25. The summed E-state index contributed by atoms with van der Waals surface area (Å²) in [7, 11) is -2.15. The predicted octanol–water partition coefficient (Wildman–Crippen LogP) is 0.969. The molecule has 168 valence electrons. The van der Waals surface area contributed by atoms with Crippen LogP contribution in [0.25, 0.3) is 0 Å². The van der Waals surface area contributed by atoms with Gasteiger partial charge in [0.1, 0.15) is 16.2 Å². The van der Waals surface area contributed by atoms with E-state index in [9.17, 15) is 18.0 Å². The zero-order valence-corrected chi connectivity index (χ0v) is 18.7. The molecule has 9 nitrogen and oxygen atoms in total. The molecule has 0 bridgehead atoms. The summed E-state index contributed by atoms with van der Waals surface area (Å²) in [5.41, 5.74) is 0.913. The molecule has 2 N–H and O–H groups in total. The van der Waals surface area contributed by atoms with E-state index >= 15 is 0 Å². The van der Waals surface area contributed by atoms with Gasteiger partial charge in [-0.2, -0.15) is 4.31 Å². The molecule has 0 aliphatic carbocycles. The Balaban J connectivity index is 1.51. The van der Waals surface area contributed by atoms with Gasteiger partial charge in [-0.05, 0) is 35.9 Å². The summed E-state index contributed by atoms with van der Waals surface area (Å²) in [5, 5.41) is 6.71. The van der Waals surface area contributed by atoms with Crippen LogP contribution in [0.15, 0.2) is 46.0 Å². The quantitative estimate of drug-likeness (QED) is 0.559. The number of methoxy groups -OCH3 is 1. The Bertz CT molecular complexity index is 994. The van der Waals surface area contributed by atoms with Gasteiger partial charge in [-0.1, -0.05) is 24.3 Å². The summed E-state index contributed by atoms with van der Waals surface area (Å²) in [6.07, 6.45) is 0.186. The van der Waals surface area contributed by atoms with Crippen LogP contribution in [0.4, 0.5) is 0 Å². The van der Waals surface area contributed by atoms with E-state index in [4.69, 9.17) is 9.47 Å². The lowest BCUT2D eigenvalue weighted by Gasteiger charge is -2.34. The van der Waals surface area contributed by atoms with E-state index in [2.05, 4.69) is 10.6 Å². The van der Waals surface area contributed by atoms with Crippen molar-refractivity contribution in [2.24, 2.45) is 0 Å². The topological polar surface area (TPSA) is 114 Å². The fraction of sp³-hybridized carbons (Fsp3) is 0.400. The maximum Gasteiger partial charge on any atom is 0.309 e. The van der Waals surface area contributed by atoms with Crippen molar-refractivity contribution in [3.8, 4) is 5.75 Å². The summed E-state index contributed by atoms with van der Waals surface area (Å²) in [6, 6.07) is 10.6. The average Bonchev–Trinajstić information content (AvgIpc) is 3.34. The van der Waals surface area contributed by atoms with E-state index in [1.807, 2.05) is 24.3 Å². The Hall–Kier alpha value is -2.47. The van der Waals surface area contributed by atoms with Crippen molar-refractivity contribution < 1.29 is 27.5 Å². The van der Waals surface area contributed by atoms with Crippen LogP contribution in [-0.2, 0) is 30.8 Å². The van der Waals surface area contributed by atoms with Crippen molar-refractivity contribution in [3.05, 3.63) is 47.3 Å². The second-order valence-corrected chi connectivity index (χ2v) is 9.82. The number of para-hydroxylation sites is 1. The first-order valence-electron chi connectivity index (χ1n) is 9.78. The third-order valence-electron chi connectivity index (χ3n) is 4.73. The molecule has 1 aromatic heterocycles. The minimum atomic E-state index is -3.72. The Labute approximate surface area is 185 Å². The van der Waals surface area contributed by atoms with E-state index < -0.39 is 28.1 Å². The van der Waals surface area contributed by atoms with Gasteiger partial charge in [0.05, 0.1) is 20.3 Å². The number of hydrogen-bond donors (Lipinski definition) is 2. The summed E-state index contributed by atoms with van der Waals surface area (Å²) in [4.78, 5) is 24.3. The van der Waals surface area contributed by atoms with Gasteiger partial charge in [-0.15, -0.1) is 11.3 Å². The number of ether oxygens (including phenoxy) is 2. The number of carbonyl (C=O) groups excluding carboxylic acids is 2. The van der Waals surface area contributed by atoms with Crippen molar-refractivity contribution in [3.63, 3.8) is 0 Å². The third kappa shape index (κ3) is 5.82. The first-order valence-corrected chi connectivity index (χ1v) is 12.1. The molecule has 1 aliphatic rings. The SMILES string of the molecule is COc1ccccc1CCNC(=O)C(=O)NCC1OCCCN1S(=O)(=O)c1cccs1. The van der Waals surface area contributed by atoms with E-state index in [0.29, 0.717) is 25.2 Å². The zero-order chi connectivity index (χ0) is 22.3. The molecule has 0 radical (unpaired) electrons. The highest BCUT2D eigenvalue weighted by molar-refractivity contribution is 7.91. The largest absolute Gasteiger partial charge is 0.496 e. The molecule has 0 saturated carbocycles. The van der Waals surface area contributed by atoms with Gasteiger partial charge >= 0.3 is 11.8 Å². The van der Waals surface area contributed by atoms with Crippen LogP contribution in [0.5, 0.6) is 5.75 Å². The molecule has 1 fully saturated rings. The minimum Gasteiger partial charge on any atom is -0.496 e. The molecule has 3 rings (SSSR count). The maximum atomic E-state index is 12.8. The van der Waals surface area contributed by atoms with Gasteiger partial charge in [0, 0.05) is 13.1 Å². The fourth-order valence-corrected chi connectivity index (χ4v) is 5.87. The fourth-order valence-electron chi connectivity index (χ4n) is 3.19. The van der Waals surface area contributed by atoms with E-state index in [1.54, 1.807) is 18.6 Å². The summed E-state index contributed by atoms with van der Waals surface area (Å²) in [5.74, 6) is -0.927. The molecular formula is C20H25N3O6S2. The van der Waals surface area contributed by atoms with Crippen molar-refractivity contribution in [1.29, 1.82) is 0 Å². The van der Waals surface area contributed by atoms with Crippen molar-refractivity contribution in [2.75, 3.05) is 33.4 Å². The molecule has 2 heterocycles. The standard InChI is InChI=1S/C20H25N3O6S2/c1-28-16-7-3-2-6-15(16)9-10-21-19(24)20(25)22-14-17-23(11-5-12-29-17)31(26,27)18-8-4-13-30-18/h2-4,6-8,13,17H,5,9-12,14H2,1H3,(H,21,24)(H,22,25). The van der Waals surface area contributed by atoms with Gasteiger partial charge in [0.15, 0.2) is 0 Å². The van der Waals surface area contributed by atoms with Gasteiger partial charge in [-0.25, -0.2) is 8.42 Å². The average molecular weight is 468 g/mol. The molecule has 1 aromatic carbocycles. The zero-order valence-electron chi connectivity index (χ0n) is 17.1. The molecule has 2 aromatic rings. The normalized spacial score (nSPS) is 17.1. The molecule has 31 heavy (non-hydrogen) atoms. The van der Waals surface area contributed by atoms with Crippen LogP contribution in [0.3, 0.4) is 0 Å². The number of carbonyl (C=O) groups is 2. The molecule has 1 aliphatic heterocycles. The molecule has 11 heteroatoms. The third-order valence-corrected chi connectivity index (χ3v) is 7.99. The number of nitrogens with one attached hydrogen (secondary N) is 2. The van der Waals surface area contributed by atoms with Crippen molar-refractivity contribution >= 4 is 33.2 Å². The van der Waals surface area contributed by atoms with E-state index in [-0.39, 0.29) is 23.8 Å². The Kier molecular flexibility index (Phi) is 8.02. The maximum absolute atomic E-state index is 12.8. The number of sulfonamides is 1. The first kappa shape index (κ1) is 23.2. The van der Waals surface area contributed by atoms with E-state index in [0.717, 1.165) is 16.9 Å². The lowest BCUT2D eigenvalue weighted by Crippen LogP contribution is -2.53. The minimum absolute atomic E-state index is 0.122. The van der Waals surface area contributed by atoms with Crippen LogP contribution in [0.1, 0.15) is 12.0 Å². The van der Waals surface area contributed by atoms with Crippen LogP contribution >= 0.6 is 11.3 Å². The lowest BCUT2D eigenvalue weighted by molar-refractivity contribution is -0.140. The highest BCUT2D eigenvalue weighted by atomic mass is 32.2. The lowest BCUT2D eigenvalue weighted by atomic mass is 10.1. The molecular weight excluding hydrogens is 442 g/mol. The second kappa shape index (κ2) is 10.7. The van der Waals surface area contributed by atoms with Crippen LogP contribution in [0, 0.1) is 0 Å². The summed E-state index contributed by atoms with van der Waals surface area (Å²) < 4.78 is 37.9. The van der Waals surface area contributed by atoms with Crippen molar-refractivity contribution in [2.45, 2.75) is 23.3 Å². The van der Waals surface area contributed by atoms with Crippen LogP contribution < -0.4 is 15.4 Å². The molecule has 2 amide bonds. The number of thiophene rings is 1. The number of amides is 2. The van der Waals surface area contributed by atoms with Gasteiger partial charge < -0.3 is 20.1 Å². The second-order valence-electron chi connectivity index (χ2n) is 6.75. The Morgan fingerprint density at radius 2 is 1.97 bits per heavy atom. The molecule has 0 spiro atoms. The Morgan fingerprint density at radius 3 is 2.71 bits per heavy atom. The predicted molar refractivity (Wildman–Crippen MR) is 115 cm³/mol. The first-order chi connectivity index (χ1) is 14.9. The smallest absolute Gasteiger partial charge is 0.309 e. The number of nitrogens with zero attached hydrogens (tertiary/aromatic N) is 1. The molecule has 1 unspecified atom stereocenters. The van der Waals surface area contributed by atoms with Gasteiger partial charge in [0.25, 0.3) is 10.0 Å². The molecule has 1 saturated heterocycles. The number of rotatable bonds is 8. The number of benzene rings is 1. The molecule has 1 atom stereocenters. The summed E-state index contributed by atoms with van der Waals surface area (Å²) >= 11 is 1.12. The summed E-state index contributed by atoms with van der Waals surface area (Å²) in [6.45, 7) is 0.794. The van der Waals surface area contributed by atoms with Crippen molar-refractivity contribution in [1.82, 2.24) is 14.9 Å². The Morgan fingerprint density at radius 1 is 1.19 bits per heavy atom. The number of hydrogen-bond acceptors (Lipinski definition) is 7. The highest BCUT2D eigenvalue weighted by Gasteiger charge is 2.35. The van der Waals surface area contributed by atoms with Crippen LogP contribution in [0.2, 0.25) is 0 Å². The van der Waals surface area contributed by atoms with Crippen LogP contribution in [-0.4, -0.2) is 64.1 Å². The monoisotopic (exact) mass is 467 g/mol. The van der Waals surface area contributed by atoms with E-state index in [1.165, 1.54) is 10.4 Å². The van der Waals surface area contributed by atoms with Gasteiger partial charge in [-0.3, -0.25) is 9.59 Å².